The molecule has 1 atom stereocenters. The minimum absolute atomic E-state index is 0.0511. The summed E-state index contributed by atoms with van der Waals surface area (Å²) in [7, 11) is 0. The number of nitrogens with one attached hydrogen (secondary N) is 3. The second-order valence-electron chi connectivity index (χ2n) is 6.72. The number of carbonyl (C=O) groups is 2. The molecule has 1 aliphatic heterocycles. The molecule has 6 nitrogen and oxygen atoms in total. The Morgan fingerprint density at radius 2 is 2.11 bits per heavy atom. The van der Waals surface area contributed by atoms with Gasteiger partial charge in [-0.05, 0) is 42.6 Å². The van der Waals surface area contributed by atoms with Gasteiger partial charge in [-0.15, -0.1) is 0 Å². The SMILES string of the molecule is Cc1cccc(C(CC(=O)Nc2ccc3c(c2F)CCNC3)NC(N)=O)c1. The lowest BCUT2D eigenvalue weighted by atomic mass is 9.99. The van der Waals surface area contributed by atoms with Crippen molar-refractivity contribution in [2.24, 2.45) is 5.73 Å². The van der Waals surface area contributed by atoms with E-state index in [1.54, 1.807) is 6.07 Å². The summed E-state index contributed by atoms with van der Waals surface area (Å²) in [5.41, 5.74) is 8.71. The van der Waals surface area contributed by atoms with Gasteiger partial charge in [0.15, 0.2) is 0 Å². The lowest BCUT2D eigenvalue weighted by molar-refractivity contribution is -0.116. The van der Waals surface area contributed by atoms with E-state index in [9.17, 15) is 14.0 Å². The van der Waals surface area contributed by atoms with Crippen LogP contribution in [0, 0.1) is 12.7 Å². The van der Waals surface area contributed by atoms with Crippen LogP contribution in [0.15, 0.2) is 36.4 Å². The third kappa shape index (κ3) is 4.62. The number of aryl methyl sites for hydroxylation is 1. The van der Waals surface area contributed by atoms with E-state index in [4.69, 9.17) is 5.73 Å². The van der Waals surface area contributed by atoms with Crippen LogP contribution in [0.4, 0.5) is 14.9 Å². The number of carbonyl (C=O) groups excluding carboxylic acids is 2. The summed E-state index contributed by atoms with van der Waals surface area (Å²) < 4.78 is 14.7. The molecule has 1 aliphatic rings. The molecular formula is C20H23FN4O2. The van der Waals surface area contributed by atoms with Crippen molar-refractivity contribution in [3.05, 3.63) is 64.5 Å². The Bertz CT molecular complexity index is 869. The first-order valence-corrected chi connectivity index (χ1v) is 8.87. The van der Waals surface area contributed by atoms with Crippen molar-refractivity contribution in [2.45, 2.75) is 32.4 Å². The number of urea groups is 1. The maximum Gasteiger partial charge on any atom is 0.312 e. The quantitative estimate of drug-likeness (QED) is 0.651. The highest BCUT2D eigenvalue weighted by Gasteiger charge is 2.21. The molecule has 0 saturated heterocycles. The van der Waals surface area contributed by atoms with Gasteiger partial charge < -0.3 is 21.7 Å². The van der Waals surface area contributed by atoms with Crippen LogP contribution in [0.25, 0.3) is 0 Å². The van der Waals surface area contributed by atoms with Crippen LogP contribution in [0.5, 0.6) is 0 Å². The molecule has 0 aromatic heterocycles. The van der Waals surface area contributed by atoms with Gasteiger partial charge in [-0.1, -0.05) is 35.9 Å². The summed E-state index contributed by atoms with van der Waals surface area (Å²) in [6, 6.07) is 9.53. The fourth-order valence-electron chi connectivity index (χ4n) is 3.33. The summed E-state index contributed by atoms with van der Waals surface area (Å²) in [4.78, 5) is 23.8. The summed E-state index contributed by atoms with van der Waals surface area (Å²) >= 11 is 0. The second kappa shape index (κ2) is 8.18. The van der Waals surface area contributed by atoms with Crippen molar-refractivity contribution >= 4 is 17.6 Å². The fraction of sp³-hybridized carbons (Fsp3) is 0.300. The third-order valence-corrected chi connectivity index (χ3v) is 4.63. The number of hydrogen-bond donors (Lipinski definition) is 4. The van der Waals surface area contributed by atoms with Gasteiger partial charge in [0.2, 0.25) is 5.91 Å². The summed E-state index contributed by atoms with van der Waals surface area (Å²) in [5.74, 6) is -0.791. The van der Waals surface area contributed by atoms with Gasteiger partial charge in [-0.3, -0.25) is 4.79 Å². The number of halogens is 1. The van der Waals surface area contributed by atoms with E-state index in [0.717, 1.165) is 16.7 Å². The maximum absolute atomic E-state index is 14.7. The zero-order valence-corrected chi connectivity index (χ0v) is 15.1. The maximum atomic E-state index is 14.7. The number of hydrogen-bond acceptors (Lipinski definition) is 3. The number of nitrogens with two attached hydrogens (primary N) is 1. The first-order valence-electron chi connectivity index (χ1n) is 8.87. The van der Waals surface area contributed by atoms with Crippen molar-refractivity contribution in [3.8, 4) is 0 Å². The Morgan fingerprint density at radius 3 is 2.85 bits per heavy atom. The van der Waals surface area contributed by atoms with Gasteiger partial charge in [-0.2, -0.15) is 0 Å². The number of benzene rings is 2. The Hall–Kier alpha value is -2.93. The van der Waals surface area contributed by atoms with Crippen molar-refractivity contribution in [1.29, 1.82) is 0 Å². The standard InChI is InChI=1S/C20H23FN4O2/c1-12-3-2-4-13(9-12)17(25-20(22)27)10-18(26)24-16-6-5-14-11-23-8-7-15(14)19(16)21/h2-6,9,17,23H,7-8,10-11H2,1H3,(H,24,26)(H3,22,25,27). The van der Waals surface area contributed by atoms with Gasteiger partial charge in [-0.25, -0.2) is 9.18 Å². The highest BCUT2D eigenvalue weighted by atomic mass is 19.1. The molecule has 142 valence electrons. The van der Waals surface area contributed by atoms with Crippen LogP contribution in [0.1, 0.15) is 34.7 Å². The minimum Gasteiger partial charge on any atom is -0.352 e. The zero-order valence-electron chi connectivity index (χ0n) is 15.1. The third-order valence-electron chi connectivity index (χ3n) is 4.63. The van der Waals surface area contributed by atoms with Crippen molar-refractivity contribution in [2.75, 3.05) is 11.9 Å². The molecule has 0 saturated carbocycles. The topological polar surface area (TPSA) is 96.2 Å². The molecule has 3 amide bonds. The number of anilines is 1. The molecule has 1 heterocycles. The van der Waals surface area contributed by atoms with Gasteiger partial charge in [0.1, 0.15) is 5.82 Å². The van der Waals surface area contributed by atoms with Crippen LogP contribution in [-0.2, 0) is 17.8 Å². The highest BCUT2D eigenvalue weighted by Crippen LogP contribution is 2.25. The lowest BCUT2D eigenvalue weighted by Crippen LogP contribution is -2.35. The Kier molecular flexibility index (Phi) is 5.71. The number of fused-ring (bicyclic) bond motifs is 1. The number of amides is 3. The number of primary amides is 1. The van der Waals surface area contributed by atoms with Crippen molar-refractivity contribution < 1.29 is 14.0 Å². The van der Waals surface area contributed by atoms with Crippen LogP contribution < -0.4 is 21.7 Å². The largest absolute Gasteiger partial charge is 0.352 e. The fourth-order valence-corrected chi connectivity index (χ4v) is 3.33. The molecule has 0 spiro atoms. The van der Waals surface area contributed by atoms with Crippen LogP contribution in [0.2, 0.25) is 0 Å². The molecule has 0 fully saturated rings. The molecular weight excluding hydrogens is 347 g/mol. The minimum atomic E-state index is -0.721. The Balaban J connectivity index is 1.75. The average Bonchev–Trinajstić information content (AvgIpc) is 2.63. The van der Waals surface area contributed by atoms with Gasteiger partial charge in [0.05, 0.1) is 18.2 Å². The van der Waals surface area contributed by atoms with Gasteiger partial charge in [0.25, 0.3) is 0 Å². The molecule has 3 rings (SSSR count). The van der Waals surface area contributed by atoms with Gasteiger partial charge >= 0.3 is 6.03 Å². The molecule has 0 aliphatic carbocycles. The van der Waals surface area contributed by atoms with E-state index < -0.39 is 23.8 Å². The zero-order chi connectivity index (χ0) is 19.4. The monoisotopic (exact) mass is 370 g/mol. The molecule has 2 aromatic rings. The highest BCUT2D eigenvalue weighted by molar-refractivity contribution is 5.92. The van der Waals surface area contributed by atoms with Crippen LogP contribution >= 0.6 is 0 Å². The Morgan fingerprint density at radius 1 is 1.30 bits per heavy atom. The first kappa shape index (κ1) is 18.8. The number of rotatable bonds is 5. The second-order valence-corrected chi connectivity index (χ2v) is 6.72. The van der Waals surface area contributed by atoms with E-state index in [0.29, 0.717) is 25.1 Å². The van der Waals surface area contributed by atoms with E-state index in [-0.39, 0.29) is 12.1 Å². The molecule has 0 bridgehead atoms. The lowest BCUT2D eigenvalue weighted by Gasteiger charge is -2.21. The first-order chi connectivity index (χ1) is 12.9. The summed E-state index contributed by atoms with van der Waals surface area (Å²) in [6.45, 7) is 3.25. The summed E-state index contributed by atoms with van der Waals surface area (Å²) in [6.07, 6.45) is 0.532. The van der Waals surface area contributed by atoms with Crippen LogP contribution in [0.3, 0.4) is 0 Å². The molecule has 27 heavy (non-hydrogen) atoms. The smallest absolute Gasteiger partial charge is 0.312 e. The molecule has 2 aromatic carbocycles. The molecule has 1 unspecified atom stereocenters. The molecule has 7 heteroatoms. The van der Waals surface area contributed by atoms with E-state index >= 15 is 0 Å². The van der Waals surface area contributed by atoms with Crippen molar-refractivity contribution in [3.63, 3.8) is 0 Å². The van der Waals surface area contributed by atoms with Crippen molar-refractivity contribution in [1.82, 2.24) is 10.6 Å². The summed E-state index contributed by atoms with van der Waals surface area (Å²) in [5, 5.41) is 8.39. The van der Waals surface area contributed by atoms with Crippen LogP contribution in [-0.4, -0.2) is 18.5 Å². The Labute approximate surface area is 157 Å². The van der Waals surface area contributed by atoms with E-state index in [2.05, 4.69) is 16.0 Å². The molecule has 0 radical (unpaired) electrons. The van der Waals surface area contributed by atoms with Gasteiger partial charge in [0, 0.05) is 6.54 Å². The predicted octanol–water partition coefficient (Wildman–Crippen LogP) is 2.52. The molecule has 5 N–H and O–H groups in total. The predicted molar refractivity (Wildman–Crippen MR) is 102 cm³/mol. The normalized spacial score (nSPS) is 14.1. The van der Waals surface area contributed by atoms with E-state index in [1.165, 1.54) is 0 Å². The average molecular weight is 370 g/mol. The van der Waals surface area contributed by atoms with E-state index in [1.807, 2.05) is 37.3 Å².